The number of fused-ring (bicyclic) bond motifs is 6. The smallest absolute Gasteiger partial charge is 0.167 e. The summed E-state index contributed by atoms with van der Waals surface area (Å²) >= 11 is 0. The van der Waals surface area contributed by atoms with E-state index in [1.807, 2.05) is 51.4 Å². The number of anilines is 2. The van der Waals surface area contributed by atoms with Gasteiger partial charge in [-0.3, -0.25) is 14.6 Å². The minimum absolute atomic E-state index is 0.0793. The predicted octanol–water partition coefficient (Wildman–Crippen LogP) is 6.69. The lowest BCUT2D eigenvalue weighted by Crippen LogP contribution is -2.52. The van der Waals surface area contributed by atoms with Crippen molar-refractivity contribution in [3.8, 4) is 0 Å². The van der Waals surface area contributed by atoms with Gasteiger partial charge in [-0.2, -0.15) is 0 Å². The first-order chi connectivity index (χ1) is 29.5. The number of hydrogen-bond donors (Lipinski definition) is 2. The van der Waals surface area contributed by atoms with Gasteiger partial charge in [-0.05, 0) is 112 Å². The molecule has 13 heteroatoms. The molecule has 0 aromatic carbocycles. The molecule has 6 aromatic heterocycles. The van der Waals surface area contributed by atoms with Gasteiger partial charge < -0.3 is 29.2 Å². The number of ether oxygens (including phenoxy) is 2. The molecule has 4 fully saturated rings. The van der Waals surface area contributed by atoms with Crippen LogP contribution in [0.1, 0.15) is 51.4 Å². The van der Waals surface area contributed by atoms with Crippen molar-refractivity contribution >= 4 is 61.0 Å². The number of methoxy groups -OCH3 is 2. The molecule has 0 bridgehead atoms. The number of carbonyl (C=O) groups excluding carboxylic acids is 1. The first-order valence-electron chi connectivity index (χ1n) is 22.5. The lowest BCUT2D eigenvalue weighted by atomic mass is 9.82. The third kappa shape index (κ3) is 7.74. The molecular weight excluding hydrogens is 753 g/mol. The number of carbonyl (C=O) groups is 1. The number of nitrogens with zero attached hydrogens (tertiary/aromatic N) is 8. The molecule has 4 unspecified atom stereocenters. The second-order valence-corrected chi connectivity index (χ2v) is 18.2. The van der Waals surface area contributed by atoms with E-state index in [4.69, 9.17) is 9.47 Å². The van der Waals surface area contributed by atoms with E-state index in [-0.39, 0.29) is 12.1 Å². The molecule has 316 valence electrons. The average Bonchev–Trinajstić information content (AvgIpc) is 4.13. The van der Waals surface area contributed by atoms with Crippen LogP contribution in [-0.2, 0) is 14.3 Å². The van der Waals surface area contributed by atoms with Gasteiger partial charge in [0.25, 0.3) is 0 Å². The zero-order chi connectivity index (χ0) is 40.6. The molecule has 4 aliphatic rings. The summed E-state index contributed by atoms with van der Waals surface area (Å²) in [6.45, 7) is 9.22. The van der Waals surface area contributed by atoms with Crippen molar-refractivity contribution < 1.29 is 14.3 Å². The van der Waals surface area contributed by atoms with Crippen LogP contribution >= 0.6 is 0 Å². The Morgan fingerprint density at radius 3 is 1.48 bits per heavy atom. The van der Waals surface area contributed by atoms with Gasteiger partial charge in [-0.1, -0.05) is 0 Å². The first-order valence-corrected chi connectivity index (χ1v) is 22.5. The Morgan fingerprint density at radius 2 is 1.05 bits per heavy atom. The van der Waals surface area contributed by atoms with Crippen molar-refractivity contribution in [2.75, 3.05) is 89.6 Å². The summed E-state index contributed by atoms with van der Waals surface area (Å²) in [5.74, 6) is 2.38. The monoisotopic (exact) mass is 812 g/mol. The molecule has 0 radical (unpaired) electrons. The summed E-state index contributed by atoms with van der Waals surface area (Å²) in [4.78, 5) is 50.7. The number of pyridine rings is 4. The third-order valence-electron chi connectivity index (χ3n) is 14.5. The number of aromatic amines is 2. The Labute approximate surface area is 352 Å². The molecule has 10 rings (SSSR count). The normalized spacial score (nSPS) is 22.6. The molecular formula is C47H60N10O3. The van der Waals surface area contributed by atoms with E-state index in [2.05, 4.69) is 73.8 Å². The molecule has 13 nitrogen and oxygen atoms in total. The fraction of sp³-hybridized carbons (Fsp3) is 0.553. The summed E-state index contributed by atoms with van der Waals surface area (Å²) in [5, 5.41) is 4.59. The van der Waals surface area contributed by atoms with E-state index < -0.39 is 0 Å². The van der Waals surface area contributed by atoms with Gasteiger partial charge in [0.15, 0.2) is 17.1 Å². The number of ketones is 1. The molecule has 0 aliphatic carbocycles. The summed E-state index contributed by atoms with van der Waals surface area (Å²) < 4.78 is 11.3. The highest BCUT2D eigenvalue weighted by Crippen LogP contribution is 2.38. The highest BCUT2D eigenvalue weighted by Gasteiger charge is 2.42. The highest BCUT2D eigenvalue weighted by atomic mass is 16.5. The maximum Gasteiger partial charge on any atom is 0.167 e. The molecule has 4 saturated heterocycles. The van der Waals surface area contributed by atoms with Gasteiger partial charge in [-0.25, -0.2) is 19.9 Å². The molecule has 0 saturated carbocycles. The molecule has 0 amide bonds. The maximum atomic E-state index is 15.6. The van der Waals surface area contributed by atoms with Crippen LogP contribution in [0, 0.1) is 23.7 Å². The van der Waals surface area contributed by atoms with Crippen LogP contribution in [0.15, 0.2) is 61.4 Å². The molecule has 10 heterocycles. The number of likely N-dealkylation sites (tertiary alicyclic amines) is 2. The van der Waals surface area contributed by atoms with Gasteiger partial charge in [0.1, 0.15) is 0 Å². The van der Waals surface area contributed by atoms with Gasteiger partial charge in [-0.15, -0.1) is 0 Å². The zero-order valence-corrected chi connectivity index (χ0v) is 35.3. The fourth-order valence-corrected chi connectivity index (χ4v) is 11.4. The summed E-state index contributed by atoms with van der Waals surface area (Å²) in [5.41, 5.74) is 6.15. The lowest BCUT2D eigenvalue weighted by molar-refractivity contribution is -0.130. The number of Topliss-reactive ketones (excluding diaryl/α,β-unsaturated/α-hetero) is 1. The van der Waals surface area contributed by atoms with E-state index >= 15 is 4.79 Å². The van der Waals surface area contributed by atoms with Gasteiger partial charge in [0.05, 0.1) is 48.7 Å². The van der Waals surface area contributed by atoms with E-state index in [0.29, 0.717) is 29.5 Å². The Kier molecular flexibility index (Phi) is 11.4. The Morgan fingerprint density at radius 1 is 0.617 bits per heavy atom. The van der Waals surface area contributed by atoms with E-state index in [1.165, 1.54) is 22.1 Å². The van der Waals surface area contributed by atoms with Crippen LogP contribution in [0.25, 0.3) is 43.9 Å². The van der Waals surface area contributed by atoms with Gasteiger partial charge in [0, 0.05) is 111 Å². The van der Waals surface area contributed by atoms with Crippen molar-refractivity contribution in [3.05, 3.63) is 61.4 Å². The third-order valence-corrected chi connectivity index (χ3v) is 14.5. The van der Waals surface area contributed by atoms with E-state index in [1.54, 1.807) is 0 Å². The van der Waals surface area contributed by atoms with Crippen LogP contribution in [-0.4, -0.2) is 137 Å². The van der Waals surface area contributed by atoms with Crippen molar-refractivity contribution in [1.29, 1.82) is 0 Å². The van der Waals surface area contributed by atoms with Crippen molar-refractivity contribution in [2.24, 2.45) is 23.7 Å². The topological polar surface area (TPSA) is 132 Å². The van der Waals surface area contributed by atoms with E-state index in [0.717, 1.165) is 150 Å². The minimum Gasteiger partial charge on any atom is -0.384 e. The number of H-pyrrole nitrogens is 2. The SMILES string of the molecule is COCC1CCN(C(CC2CCN(c3cc[nH]c4cnc5nccc5c34)CC2)C(=O)C(CC2CCN(c3cc[nH]c4cnc5nccc5c34)CC2)N2CCC(COC)C2)C1. The second-order valence-electron chi connectivity index (χ2n) is 18.2. The molecule has 2 N–H and O–H groups in total. The number of aromatic nitrogens is 6. The standard InChI is InChI=1S/C47H60N10O3/c1-59-29-33-11-21-56(27-33)41(23-31-7-17-54(18-8-31)39-5-15-48-37-25-52-46-35(43(37)39)3-13-50-46)45(58)42(57-22-12-34(28-57)30-60-2)24-32-9-19-55(20-10-32)40-6-16-49-38-26-53-47-36(44(38)40)4-14-51-47/h3-6,13-16,25-26,31-34,41-42,48-49H,7-12,17-24,27-30H2,1-2H3. The van der Waals surface area contributed by atoms with Gasteiger partial charge >= 0.3 is 0 Å². The minimum atomic E-state index is -0.0793. The number of rotatable bonds is 14. The zero-order valence-electron chi connectivity index (χ0n) is 35.3. The Hall–Kier alpha value is -4.69. The maximum absolute atomic E-state index is 15.6. The number of hydrogen-bond acceptors (Lipinski definition) is 11. The van der Waals surface area contributed by atoms with Gasteiger partial charge in [0.2, 0.25) is 0 Å². The quantitative estimate of drug-likeness (QED) is 0.122. The lowest BCUT2D eigenvalue weighted by Gasteiger charge is -2.40. The van der Waals surface area contributed by atoms with Crippen LogP contribution in [0.2, 0.25) is 0 Å². The van der Waals surface area contributed by atoms with E-state index in [9.17, 15) is 0 Å². The molecule has 4 aliphatic heterocycles. The van der Waals surface area contributed by atoms with Crippen molar-refractivity contribution in [2.45, 2.75) is 63.5 Å². The molecule has 0 spiro atoms. The second kappa shape index (κ2) is 17.4. The summed E-state index contributed by atoms with van der Waals surface area (Å²) in [6, 6.07) is 8.42. The number of nitrogens with one attached hydrogen (secondary N) is 2. The van der Waals surface area contributed by atoms with Crippen LogP contribution in [0.3, 0.4) is 0 Å². The van der Waals surface area contributed by atoms with Crippen LogP contribution in [0.4, 0.5) is 11.4 Å². The average molecular weight is 813 g/mol. The summed E-state index contributed by atoms with van der Waals surface area (Å²) in [6.07, 6.45) is 19.9. The Bertz CT molecular complexity index is 2250. The predicted molar refractivity (Wildman–Crippen MR) is 238 cm³/mol. The summed E-state index contributed by atoms with van der Waals surface area (Å²) in [7, 11) is 3.62. The van der Waals surface area contributed by atoms with Crippen molar-refractivity contribution in [3.63, 3.8) is 0 Å². The largest absolute Gasteiger partial charge is 0.384 e. The van der Waals surface area contributed by atoms with Crippen LogP contribution in [0.5, 0.6) is 0 Å². The molecule has 6 aromatic rings. The number of piperidine rings is 2. The fourth-order valence-electron chi connectivity index (χ4n) is 11.4. The van der Waals surface area contributed by atoms with Crippen molar-refractivity contribution in [1.82, 2.24) is 39.7 Å². The first kappa shape index (κ1) is 39.4. The molecule has 4 atom stereocenters. The highest BCUT2D eigenvalue weighted by molar-refractivity contribution is 6.11. The Balaban J connectivity index is 0.872. The van der Waals surface area contributed by atoms with Crippen LogP contribution < -0.4 is 9.80 Å². The molecule has 60 heavy (non-hydrogen) atoms.